The molecule has 0 bridgehead atoms. The molecular formula is C20H22N4O3S. The predicted molar refractivity (Wildman–Crippen MR) is 107 cm³/mol. The minimum absolute atomic E-state index is 0.0913. The fourth-order valence-corrected chi connectivity index (χ4v) is 3.68. The zero-order chi connectivity index (χ0) is 20.3. The number of hydrogen-bond acceptors (Lipinski definition) is 4. The first-order chi connectivity index (χ1) is 13.3. The van der Waals surface area contributed by atoms with Crippen LogP contribution in [0.4, 0.5) is 0 Å². The van der Waals surface area contributed by atoms with Crippen LogP contribution in [0, 0.1) is 0 Å². The van der Waals surface area contributed by atoms with Gasteiger partial charge in [0, 0.05) is 45.0 Å². The third-order valence-corrected chi connectivity index (χ3v) is 6.09. The van der Waals surface area contributed by atoms with Crippen molar-refractivity contribution in [2.24, 2.45) is 0 Å². The van der Waals surface area contributed by atoms with E-state index in [-0.39, 0.29) is 10.8 Å². The van der Waals surface area contributed by atoms with Crippen LogP contribution in [0.2, 0.25) is 0 Å². The molecule has 2 aromatic carbocycles. The van der Waals surface area contributed by atoms with Crippen LogP contribution in [0.1, 0.15) is 15.9 Å². The van der Waals surface area contributed by atoms with Gasteiger partial charge in [-0.05, 0) is 30.3 Å². The van der Waals surface area contributed by atoms with E-state index in [9.17, 15) is 13.2 Å². The normalized spacial score (nSPS) is 11.6. The van der Waals surface area contributed by atoms with Crippen LogP contribution in [0.15, 0.2) is 71.9 Å². The first kappa shape index (κ1) is 19.8. The molecule has 0 saturated heterocycles. The number of amides is 1. The molecule has 0 aliphatic rings. The van der Waals surface area contributed by atoms with E-state index >= 15 is 0 Å². The third kappa shape index (κ3) is 4.13. The smallest absolute Gasteiger partial charge is 0.253 e. The summed E-state index contributed by atoms with van der Waals surface area (Å²) >= 11 is 0. The van der Waals surface area contributed by atoms with E-state index in [1.807, 2.05) is 36.5 Å². The van der Waals surface area contributed by atoms with Crippen molar-refractivity contribution in [3.8, 4) is 5.69 Å². The van der Waals surface area contributed by atoms with Gasteiger partial charge in [0.1, 0.15) is 0 Å². The summed E-state index contributed by atoms with van der Waals surface area (Å²) in [6.45, 7) is 0.357. The molecule has 0 unspecified atom stereocenters. The monoisotopic (exact) mass is 398 g/mol. The quantitative estimate of drug-likeness (QED) is 0.639. The highest BCUT2D eigenvalue weighted by Gasteiger charge is 2.20. The van der Waals surface area contributed by atoms with Crippen molar-refractivity contribution >= 4 is 15.9 Å². The first-order valence-electron chi connectivity index (χ1n) is 8.66. The number of benzene rings is 2. The van der Waals surface area contributed by atoms with Crippen molar-refractivity contribution in [2.45, 2.75) is 11.4 Å². The van der Waals surface area contributed by atoms with Gasteiger partial charge in [0.05, 0.1) is 16.8 Å². The Morgan fingerprint density at radius 2 is 1.75 bits per heavy atom. The molecule has 3 aromatic rings. The average molecular weight is 398 g/mol. The zero-order valence-electron chi connectivity index (χ0n) is 16.0. The molecule has 0 saturated carbocycles. The summed E-state index contributed by atoms with van der Waals surface area (Å²) in [4.78, 5) is 14.4. The Hall–Kier alpha value is -2.97. The Morgan fingerprint density at radius 3 is 2.43 bits per heavy atom. The standard InChI is InChI=1S/C20H22N4O3S/c1-22(2)28(26,27)19-11-7-8-17(12-19)20(25)23(3)14-16-13-21-24(15-16)18-9-5-4-6-10-18/h4-13,15H,14H2,1-3H3. The minimum Gasteiger partial charge on any atom is -0.337 e. The van der Waals surface area contributed by atoms with Crippen LogP contribution < -0.4 is 0 Å². The molecule has 1 amide bonds. The van der Waals surface area contributed by atoms with E-state index in [1.54, 1.807) is 30.1 Å². The topological polar surface area (TPSA) is 75.5 Å². The highest BCUT2D eigenvalue weighted by molar-refractivity contribution is 7.89. The van der Waals surface area contributed by atoms with Gasteiger partial charge in [-0.1, -0.05) is 24.3 Å². The summed E-state index contributed by atoms with van der Waals surface area (Å²) in [6, 6.07) is 15.8. The molecule has 28 heavy (non-hydrogen) atoms. The lowest BCUT2D eigenvalue weighted by molar-refractivity contribution is 0.0785. The van der Waals surface area contributed by atoms with Crippen molar-refractivity contribution in [1.29, 1.82) is 0 Å². The summed E-state index contributed by atoms with van der Waals surface area (Å²) in [6.07, 6.45) is 3.58. The van der Waals surface area contributed by atoms with Gasteiger partial charge in [-0.15, -0.1) is 0 Å². The van der Waals surface area contributed by atoms with E-state index in [2.05, 4.69) is 5.10 Å². The van der Waals surface area contributed by atoms with E-state index in [1.165, 1.54) is 31.1 Å². The number of aromatic nitrogens is 2. The molecule has 0 atom stereocenters. The number of nitrogens with zero attached hydrogens (tertiary/aromatic N) is 4. The SMILES string of the molecule is CN(Cc1cnn(-c2ccccc2)c1)C(=O)c1cccc(S(=O)(=O)N(C)C)c1. The molecule has 0 spiro atoms. The number of hydrogen-bond donors (Lipinski definition) is 0. The molecular weight excluding hydrogens is 376 g/mol. The van der Waals surface area contributed by atoms with E-state index < -0.39 is 10.0 Å². The molecule has 1 aromatic heterocycles. The van der Waals surface area contributed by atoms with Crippen LogP contribution >= 0.6 is 0 Å². The van der Waals surface area contributed by atoms with Gasteiger partial charge in [0.15, 0.2) is 0 Å². The molecule has 0 fully saturated rings. The van der Waals surface area contributed by atoms with Crippen molar-refractivity contribution in [2.75, 3.05) is 21.1 Å². The van der Waals surface area contributed by atoms with Crippen molar-refractivity contribution in [3.05, 3.63) is 78.1 Å². The van der Waals surface area contributed by atoms with Gasteiger partial charge in [-0.2, -0.15) is 5.10 Å². The number of carbonyl (C=O) groups excluding carboxylic acids is 1. The van der Waals surface area contributed by atoms with E-state index in [0.29, 0.717) is 12.1 Å². The largest absolute Gasteiger partial charge is 0.337 e. The van der Waals surface area contributed by atoms with Gasteiger partial charge in [0.2, 0.25) is 10.0 Å². The Bertz CT molecular complexity index is 1080. The van der Waals surface area contributed by atoms with Gasteiger partial charge in [-0.3, -0.25) is 4.79 Å². The third-order valence-electron chi connectivity index (χ3n) is 4.28. The van der Waals surface area contributed by atoms with Crippen LogP contribution in [-0.2, 0) is 16.6 Å². The lowest BCUT2D eigenvalue weighted by Gasteiger charge is -2.17. The van der Waals surface area contributed by atoms with Gasteiger partial charge < -0.3 is 4.90 Å². The van der Waals surface area contributed by atoms with Crippen LogP contribution in [0.3, 0.4) is 0 Å². The average Bonchev–Trinajstić information content (AvgIpc) is 3.16. The number of para-hydroxylation sites is 1. The molecule has 146 valence electrons. The second kappa shape index (κ2) is 7.95. The molecule has 0 radical (unpaired) electrons. The summed E-state index contributed by atoms with van der Waals surface area (Å²) < 4.78 is 27.5. The van der Waals surface area contributed by atoms with E-state index in [4.69, 9.17) is 0 Å². The second-order valence-electron chi connectivity index (χ2n) is 6.61. The van der Waals surface area contributed by atoms with E-state index in [0.717, 1.165) is 15.6 Å². The summed E-state index contributed by atoms with van der Waals surface area (Å²) in [5.41, 5.74) is 2.13. The van der Waals surface area contributed by atoms with Gasteiger partial charge in [-0.25, -0.2) is 17.4 Å². The second-order valence-corrected chi connectivity index (χ2v) is 8.76. The lowest BCUT2D eigenvalue weighted by Crippen LogP contribution is -2.27. The number of sulfonamides is 1. The maximum atomic E-state index is 12.8. The molecule has 3 rings (SSSR count). The summed E-state index contributed by atoms with van der Waals surface area (Å²) in [5, 5.41) is 4.33. The number of rotatable bonds is 6. The first-order valence-corrected chi connectivity index (χ1v) is 10.1. The highest BCUT2D eigenvalue weighted by Crippen LogP contribution is 2.17. The predicted octanol–water partition coefficient (Wildman–Crippen LogP) is 2.39. The summed E-state index contributed by atoms with van der Waals surface area (Å²) in [7, 11) is 0.998. The number of carbonyl (C=O) groups is 1. The van der Waals surface area contributed by atoms with Crippen molar-refractivity contribution in [3.63, 3.8) is 0 Å². The maximum absolute atomic E-state index is 12.8. The van der Waals surface area contributed by atoms with Crippen LogP contribution in [0.5, 0.6) is 0 Å². The highest BCUT2D eigenvalue weighted by atomic mass is 32.2. The Balaban J connectivity index is 1.76. The van der Waals surface area contributed by atoms with Gasteiger partial charge in [0.25, 0.3) is 5.91 Å². The maximum Gasteiger partial charge on any atom is 0.253 e. The fraction of sp³-hybridized carbons (Fsp3) is 0.200. The Labute approximate surface area is 164 Å². The van der Waals surface area contributed by atoms with Crippen LogP contribution in [-0.4, -0.2) is 54.5 Å². The molecule has 0 aliphatic carbocycles. The minimum atomic E-state index is -3.60. The molecule has 7 nitrogen and oxygen atoms in total. The Morgan fingerprint density at radius 1 is 1.04 bits per heavy atom. The van der Waals surface area contributed by atoms with Gasteiger partial charge >= 0.3 is 0 Å². The lowest BCUT2D eigenvalue weighted by atomic mass is 10.2. The van der Waals surface area contributed by atoms with Crippen LogP contribution in [0.25, 0.3) is 5.69 Å². The Kier molecular flexibility index (Phi) is 5.62. The zero-order valence-corrected chi connectivity index (χ0v) is 16.8. The van der Waals surface area contributed by atoms with Crippen molar-refractivity contribution < 1.29 is 13.2 Å². The molecule has 8 heteroatoms. The van der Waals surface area contributed by atoms with Crippen molar-refractivity contribution in [1.82, 2.24) is 19.0 Å². The molecule has 0 N–H and O–H groups in total. The molecule has 0 aliphatic heterocycles. The fourth-order valence-electron chi connectivity index (χ4n) is 2.73. The summed E-state index contributed by atoms with van der Waals surface area (Å²) in [5.74, 6) is -0.261. The molecule has 1 heterocycles.